The van der Waals surface area contributed by atoms with E-state index >= 15 is 0 Å². The van der Waals surface area contributed by atoms with E-state index in [0.717, 1.165) is 6.54 Å². The monoisotopic (exact) mass is 1070 g/mol. The number of aliphatic hydroxyl groups is 2. The fourth-order valence-electron chi connectivity index (χ4n) is 9.73. The number of phenolic OH excluding ortho intramolecular Hbond substituents is 1. The molecular formula is C50H69IN6O12. The van der Waals surface area contributed by atoms with Crippen molar-refractivity contribution in [2.24, 2.45) is 28.7 Å². The largest absolute Gasteiger partial charge is 0.507 e. The zero-order chi connectivity index (χ0) is 50.9. The number of benzene rings is 1. The third kappa shape index (κ3) is 11.3. The number of rotatable bonds is 9. The lowest BCUT2D eigenvalue weighted by atomic mass is 9.78. The van der Waals surface area contributed by atoms with Crippen molar-refractivity contribution in [3.05, 3.63) is 69.8 Å². The fourth-order valence-corrected chi connectivity index (χ4v) is 10.3. The lowest BCUT2D eigenvalue weighted by Gasteiger charge is -2.38. The number of amides is 2. The molecule has 1 spiro atoms. The molecule has 1 aromatic rings. The van der Waals surface area contributed by atoms with E-state index in [9.17, 15) is 39.3 Å². The first-order valence-corrected chi connectivity index (χ1v) is 24.9. The first-order chi connectivity index (χ1) is 32.4. The molecule has 1 aromatic carbocycles. The number of carbonyl (C=O) groups excluding carboxylic acids is 5. The molecule has 4 heterocycles. The SMILES string of the molecule is CO[C@H]1/C=C/O[C@@]2(C)Oc3c(C)c(O)c4c(c3C2=O)C2=NC3(CCN(CC(C)I)CC3)NC2=C(NC(=O)/C(C)=C\C=C\[C@H](C)[C@H](O)[C@@H](C)[C@@H](O)[C@@H](C)[C@H](OC(=O)CC(=O)NCCN(C)C)[C@@H]1C)C4=O. The van der Waals surface area contributed by atoms with Gasteiger partial charge in [-0.15, -0.1) is 0 Å². The minimum atomic E-state index is -2.03. The van der Waals surface area contributed by atoms with Crippen molar-refractivity contribution in [3.63, 3.8) is 0 Å². The molecule has 10 atom stereocenters. The quantitative estimate of drug-likeness (QED) is 0.0893. The molecular weight excluding hydrogens is 1000 g/mol. The average Bonchev–Trinajstić information content (AvgIpc) is 3.79. The highest BCUT2D eigenvalue weighted by Crippen LogP contribution is 2.50. The molecule has 2 amide bonds. The van der Waals surface area contributed by atoms with E-state index < -0.39 is 101 Å². The van der Waals surface area contributed by atoms with Crippen molar-refractivity contribution >= 4 is 57.7 Å². The number of phenols is 1. The van der Waals surface area contributed by atoms with Crippen molar-refractivity contribution in [1.82, 2.24) is 25.8 Å². The van der Waals surface area contributed by atoms with Crippen LogP contribution in [0, 0.1) is 30.6 Å². The Balaban J connectivity index is 1.43. The molecule has 0 aromatic heterocycles. The fraction of sp³-hybridized carbons (Fsp3) is 0.600. The number of methoxy groups -OCH3 is 1. The number of likely N-dealkylation sites (tertiary alicyclic amines) is 1. The Labute approximate surface area is 418 Å². The van der Waals surface area contributed by atoms with Crippen molar-refractivity contribution in [2.75, 3.05) is 53.9 Å². The number of hydrogen-bond acceptors (Lipinski definition) is 16. The maximum Gasteiger partial charge on any atom is 0.315 e. The zero-order valence-corrected chi connectivity index (χ0v) is 43.6. The molecule has 378 valence electrons. The predicted molar refractivity (Wildman–Crippen MR) is 266 cm³/mol. The number of nitrogens with one attached hydrogen (secondary N) is 3. The van der Waals surface area contributed by atoms with Gasteiger partial charge in [0, 0.05) is 104 Å². The van der Waals surface area contributed by atoms with Crippen molar-refractivity contribution in [2.45, 2.75) is 114 Å². The topological polar surface area (TPSA) is 238 Å². The summed E-state index contributed by atoms with van der Waals surface area (Å²) in [4.78, 5) is 79.3. The molecule has 5 bridgehead atoms. The van der Waals surface area contributed by atoms with Crippen molar-refractivity contribution in [3.8, 4) is 11.5 Å². The smallest absolute Gasteiger partial charge is 0.315 e. The predicted octanol–water partition coefficient (Wildman–Crippen LogP) is 3.83. The first kappa shape index (κ1) is 53.7. The van der Waals surface area contributed by atoms with Crippen LogP contribution in [0.5, 0.6) is 11.5 Å². The maximum atomic E-state index is 14.9. The number of halogens is 1. The van der Waals surface area contributed by atoms with E-state index in [1.54, 1.807) is 46.8 Å². The number of likely N-dealkylation sites (N-methyl/N-ethyl adjacent to an activating group) is 1. The number of esters is 1. The number of fused-ring (bicyclic) bond motifs is 3. The van der Waals surface area contributed by atoms with Gasteiger partial charge in [0.25, 0.3) is 11.7 Å². The number of allylic oxidation sites excluding steroid dienone is 4. The lowest BCUT2D eigenvalue weighted by molar-refractivity contribution is -0.164. The average molecular weight is 1070 g/mol. The van der Waals surface area contributed by atoms with E-state index in [1.807, 2.05) is 19.0 Å². The van der Waals surface area contributed by atoms with Crippen LogP contribution in [-0.2, 0) is 28.6 Å². The number of aliphatic hydroxyl groups excluding tert-OH is 2. The Hall–Kier alpha value is -4.67. The number of aliphatic imine (C=N–C) groups is 1. The second kappa shape index (κ2) is 21.8. The van der Waals surface area contributed by atoms with Gasteiger partial charge < -0.3 is 60.0 Å². The van der Waals surface area contributed by atoms with Gasteiger partial charge in [0.15, 0.2) is 0 Å². The van der Waals surface area contributed by atoms with E-state index in [0.29, 0.717) is 42.9 Å². The van der Waals surface area contributed by atoms with E-state index in [2.05, 4.69) is 50.4 Å². The van der Waals surface area contributed by atoms with Gasteiger partial charge in [-0.05, 0) is 34.0 Å². The number of ketones is 2. The number of Topliss-reactive ketones (excluding diaryl/α,β-unsaturated/α-hetero) is 2. The number of carbonyl (C=O) groups is 5. The molecule has 1 unspecified atom stereocenters. The molecule has 4 aliphatic heterocycles. The minimum absolute atomic E-state index is 0.000102. The molecule has 18 nitrogen and oxygen atoms in total. The van der Waals surface area contributed by atoms with Gasteiger partial charge in [-0.2, -0.15) is 0 Å². The highest BCUT2D eigenvalue weighted by atomic mass is 127. The standard InChI is InChI=1S/C50H69IN6O12/c1-25-13-12-14-26(2)48(65)53-40-39-38(54-50(55-39)16-19-57(20-17-50)24-27(3)51)35-36(44(40)63)43(62)31(7)46-37(35)47(64)49(8,69-46)67-22-15-32(66-11)28(4)45(30(6)42(61)29(5)41(25)60)68-34(59)23-33(58)52-18-21-56(9)10/h12-15,22,25,27-30,32,41-42,45,55,60-62H,16-21,23-24H2,1-11H3,(H,52,58)(H,53,65)/b13-12+,22-15+,26-14-/t25-,27?,28+,29+,30+,32-,41-,42+,45+,49-/m0/s1. The van der Waals surface area contributed by atoms with Crippen LogP contribution in [0.2, 0.25) is 0 Å². The Bertz CT molecular complexity index is 2350. The van der Waals surface area contributed by atoms with Crippen LogP contribution in [0.1, 0.15) is 99.6 Å². The van der Waals surface area contributed by atoms with Gasteiger partial charge in [-0.25, -0.2) is 0 Å². The van der Waals surface area contributed by atoms with Crippen LogP contribution in [0.4, 0.5) is 0 Å². The van der Waals surface area contributed by atoms with Crippen molar-refractivity contribution < 1.29 is 58.2 Å². The summed E-state index contributed by atoms with van der Waals surface area (Å²) >= 11 is 2.39. The molecule has 1 aliphatic carbocycles. The minimum Gasteiger partial charge on any atom is -0.507 e. The summed E-state index contributed by atoms with van der Waals surface area (Å²) < 4.78 is 24.8. The summed E-state index contributed by atoms with van der Waals surface area (Å²) in [6, 6.07) is 0. The van der Waals surface area contributed by atoms with E-state index in [1.165, 1.54) is 39.4 Å². The van der Waals surface area contributed by atoms with Crippen molar-refractivity contribution in [1.29, 1.82) is 0 Å². The highest BCUT2D eigenvalue weighted by Gasteiger charge is 2.54. The van der Waals surface area contributed by atoms with Crippen LogP contribution in [-0.4, -0.2) is 154 Å². The molecule has 6 N–H and O–H groups in total. The molecule has 69 heavy (non-hydrogen) atoms. The Morgan fingerprint density at radius 3 is 2.33 bits per heavy atom. The summed E-state index contributed by atoms with van der Waals surface area (Å²) in [5, 5.41) is 44.3. The second-order valence-corrected chi connectivity index (χ2v) is 21.7. The summed E-state index contributed by atoms with van der Waals surface area (Å²) in [7, 11) is 5.14. The Morgan fingerprint density at radius 1 is 1.01 bits per heavy atom. The summed E-state index contributed by atoms with van der Waals surface area (Å²) in [6.07, 6.45) is 3.77. The Morgan fingerprint density at radius 2 is 1.70 bits per heavy atom. The molecule has 6 rings (SSSR count). The van der Waals surface area contributed by atoms with Gasteiger partial charge >= 0.3 is 11.8 Å². The van der Waals surface area contributed by atoms with E-state index in [-0.39, 0.29) is 50.7 Å². The van der Waals surface area contributed by atoms with Crippen LogP contribution in [0.25, 0.3) is 0 Å². The summed E-state index contributed by atoms with van der Waals surface area (Å²) in [5.41, 5.74) is -0.423. The number of piperidine rings is 1. The maximum absolute atomic E-state index is 14.9. The van der Waals surface area contributed by atoms with Crippen LogP contribution in [0.3, 0.4) is 0 Å². The van der Waals surface area contributed by atoms with Crippen LogP contribution in [0.15, 0.2) is 52.5 Å². The highest BCUT2D eigenvalue weighted by molar-refractivity contribution is 14.1. The molecule has 19 heteroatoms. The number of ether oxygens (including phenoxy) is 4. The molecule has 1 fully saturated rings. The molecule has 5 aliphatic rings. The third-order valence-corrected chi connectivity index (χ3v) is 14.4. The third-order valence-electron chi connectivity index (χ3n) is 14.0. The Kier molecular flexibility index (Phi) is 16.9. The number of hydrogen-bond donors (Lipinski definition) is 6. The normalized spacial score (nSPS) is 31.7. The first-order valence-electron chi connectivity index (χ1n) is 23.6. The van der Waals surface area contributed by atoms with Gasteiger partial charge in [0.05, 0.1) is 47.1 Å². The summed E-state index contributed by atoms with van der Waals surface area (Å²) in [5.74, 6) is -8.70. The van der Waals surface area contributed by atoms with Gasteiger partial charge in [0.2, 0.25) is 11.7 Å². The number of aromatic hydroxyl groups is 1. The number of nitrogens with zero attached hydrogens (tertiary/aromatic N) is 3. The van der Waals surface area contributed by atoms with Gasteiger partial charge in [-0.3, -0.25) is 29.0 Å². The second-order valence-electron chi connectivity index (χ2n) is 19.6. The van der Waals surface area contributed by atoms with E-state index in [4.69, 9.17) is 23.9 Å². The van der Waals surface area contributed by atoms with Crippen LogP contribution >= 0.6 is 22.6 Å². The molecule has 0 radical (unpaired) electrons. The van der Waals surface area contributed by atoms with Gasteiger partial charge in [0.1, 0.15) is 35.4 Å². The molecule has 0 saturated carbocycles. The summed E-state index contributed by atoms with van der Waals surface area (Å²) in [6.45, 7) is 16.6. The van der Waals surface area contributed by atoms with Gasteiger partial charge in [-0.1, -0.05) is 75.4 Å². The molecule has 1 saturated heterocycles. The van der Waals surface area contributed by atoms with Crippen LogP contribution < -0.4 is 20.7 Å². The number of alkyl halides is 1. The lowest BCUT2D eigenvalue weighted by Crippen LogP contribution is -2.51. The zero-order valence-electron chi connectivity index (χ0n) is 41.5.